The van der Waals surface area contributed by atoms with Crippen LogP contribution < -0.4 is 14.8 Å². The predicted octanol–water partition coefficient (Wildman–Crippen LogP) is 3.88. The van der Waals surface area contributed by atoms with Gasteiger partial charge in [0.15, 0.2) is 11.5 Å². The Balaban J connectivity index is 1.56. The number of aryl methyl sites for hydroxylation is 1. The lowest BCUT2D eigenvalue weighted by molar-refractivity contribution is -0.118. The molecular weight excluding hydrogens is 398 g/mol. The van der Waals surface area contributed by atoms with Gasteiger partial charge in [-0.3, -0.25) is 4.79 Å². The molecule has 3 rings (SSSR count). The van der Waals surface area contributed by atoms with Crippen molar-refractivity contribution in [2.75, 3.05) is 26.5 Å². The Morgan fingerprint density at radius 2 is 1.93 bits per heavy atom. The number of thioether (sulfide) groups is 1. The Morgan fingerprint density at radius 3 is 2.67 bits per heavy atom. The fraction of sp³-hybridized carbons (Fsp3) is 0.261. The number of nitrogens with zero attached hydrogens (tertiary/aromatic N) is 2. The maximum atomic E-state index is 12.3. The molecule has 3 aromatic rings. The highest BCUT2D eigenvalue weighted by atomic mass is 32.2. The van der Waals surface area contributed by atoms with E-state index in [1.54, 1.807) is 14.2 Å². The van der Waals surface area contributed by atoms with Gasteiger partial charge < -0.3 is 14.8 Å². The summed E-state index contributed by atoms with van der Waals surface area (Å²) < 4.78 is 10.5. The highest BCUT2D eigenvalue weighted by molar-refractivity contribution is 8.00. The molecular formula is C23H23N3O3S. The Morgan fingerprint density at radius 1 is 1.13 bits per heavy atom. The van der Waals surface area contributed by atoms with Crippen LogP contribution in [0.5, 0.6) is 11.5 Å². The number of fused-ring (bicyclic) bond motifs is 1. The summed E-state index contributed by atoms with van der Waals surface area (Å²) in [7, 11) is 3.19. The maximum Gasteiger partial charge on any atom is 0.230 e. The second kappa shape index (κ2) is 9.99. The predicted molar refractivity (Wildman–Crippen MR) is 118 cm³/mol. The molecule has 154 valence electrons. The van der Waals surface area contributed by atoms with Crippen LogP contribution in [-0.4, -0.2) is 37.4 Å². The number of benzene rings is 2. The van der Waals surface area contributed by atoms with Crippen LogP contribution in [-0.2, 0) is 11.2 Å². The summed E-state index contributed by atoms with van der Waals surface area (Å²) in [6, 6.07) is 15.6. The maximum absolute atomic E-state index is 12.3. The van der Waals surface area contributed by atoms with Gasteiger partial charge in [-0.25, -0.2) is 4.98 Å². The van der Waals surface area contributed by atoms with E-state index in [1.165, 1.54) is 11.8 Å². The van der Waals surface area contributed by atoms with Crippen molar-refractivity contribution in [1.82, 2.24) is 10.3 Å². The number of hydrogen-bond donors (Lipinski definition) is 1. The van der Waals surface area contributed by atoms with Crippen molar-refractivity contribution >= 4 is 28.6 Å². The molecule has 0 unspecified atom stereocenters. The molecule has 0 radical (unpaired) electrons. The lowest BCUT2D eigenvalue weighted by Crippen LogP contribution is -2.27. The second-order valence-corrected chi connectivity index (χ2v) is 7.69. The lowest BCUT2D eigenvalue weighted by Gasteiger charge is -2.10. The molecule has 0 fully saturated rings. The van der Waals surface area contributed by atoms with E-state index in [9.17, 15) is 10.1 Å². The van der Waals surface area contributed by atoms with E-state index < -0.39 is 0 Å². The minimum atomic E-state index is -0.101. The molecule has 30 heavy (non-hydrogen) atoms. The number of amides is 1. The Hall–Kier alpha value is -3.24. The van der Waals surface area contributed by atoms with Gasteiger partial charge in [-0.1, -0.05) is 30.0 Å². The number of carbonyl (C=O) groups is 1. The van der Waals surface area contributed by atoms with E-state index in [1.807, 2.05) is 49.4 Å². The van der Waals surface area contributed by atoms with Crippen molar-refractivity contribution in [2.45, 2.75) is 18.4 Å². The number of nitriles is 1. The third-order valence-corrected chi connectivity index (χ3v) is 5.57. The summed E-state index contributed by atoms with van der Waals surface area (Å²) in [5.41, 5.74) is 3.45. The normalized spacial score (nSPS) is 10.5. The first-order valence-electron chi connectivity index (χ1n) is 9.46. The van der Waals surface area contributed by atoms with Gasteiger partial charge in [0.1, 0.15) is 11.1 Å². The first-order valence-corrected chi connectivity index (χ1v) is 10.4. The van der Waals surface area contributed by atoms with E-state index in [-0.39, 0.29) is 11.7 Å². The monoisotopic (exact) mass is 421 g/mol. The zero-order valence-electron chi connectivity index (χ0n) is 17.2. The standard InChI is InChI=1S/C23H23N3O3S/c1-15-4-6-17-12-18(13-24)23(26-19(17)10-15)30-14-22(27)25-9-8-16-5-7-20(28-2)21(11-16)29-3/h4-7,10-12H,8-9,14H2,1-3H3,(H,25,27). The van der Waals surface area contributed by atoms with Crippen molar-refractivity contribution in [3.8, 4) is 17.6 Å². The average molecular weight is 422 g/mol. The molecule has 7 heteroatoms. The molecule has 1 N–H and O–H groups in total. The van der Waals surface area contributed by atoms with Crippen LogP contribution in [0.25, 0.3) is 10.9 Å². The summed E-state index contributed by atoms with van der Waals surface area (Å²) in [6.07, 6.45) is 0.674. The molecule has 0 bridgehead atoms. The minimum Gasteiger partial charge on any atom is -0.493 e. The van der Waals surface area contributed by atoms with Crippen LogP contribution in [0, 0.1) is 18.3 Å². The van der Waals surface area contributed by atoms with Crippen LogP contribution in [0.15, 0.2) is 47.5 Å². The number of nitrogens with one attached hydrogen (secondary N) is 1. The van der Waals surface area contributed by atoms with Gasteiger partial charge in [0, 0.05) is 11.9 Å². The smallest absolute Gasteiger partial charge is 0.230 e. The topological polar surface area (TPSA) is 84.2 Å². The minimum absolute atomic E-state index is 0.101. The molecule has 0 atom stereocenters. The van der Waals surface area contributed by atoms with Crippen molar-refractivity contribution < 1.29 is 14.3 Å². The summed E-state index contributed by atoms with van der Waals surface area (Å²) in [5, 5.41) is 13.8. The van der Waals surface area contributed by atoms with Gasteiger partial charge in [0.2, 0.25) is 5.91 Å². The average Bonchev–Trinajstić information content (AvgIpc) is 2.76. The highest BCUT2D eigenvalue weighted by Crippen LogP contribution is 2.28. The van der Waals surface area contributed by atoms with Crippen LogP contribution in [0.1, 0.15) is 16.7 Å². The summed E-state index contributed by atoms with van der Waals surface area (Å²) in [4.78, 5) is 16.8. The van der Waals surface area contributed by atoms with E-state index in [0.717, 1.165) is 22.0 Å². The first-order chi connectivity index (χ1) is 14.5. The van der Waals surface area contributed by atoms with Gasteiger partial charge in [-0.05, 0) is 48.7 Å². The molecule has 0 saturated heterocycles. The van der Waals surface area contributed by atoms with E-state index >= 15 is 0 Å². The number of carbonyl (C=O) groups excluding carboxylic acids is 1. The highest BCUT2D eigenvalue weighted by Gasteiger charge is 2.11. The van der Waals surface area contributed by atoms with Gasteiger partial charge in [0.05, 0.1) is 31.1 Å². The largest absolute Gasteiger partial charge is 0.493 e. The Bertz CT molecular complexity index is 1110. The van der Waals surface area contributed by atoms with Crippen LogP contribution in [0.2, 0.25) is 0 Å². The fourth-order valence-electron chi connectivity index (χ4n) is 3.02. The Labute approximate surface area is 180 Å². The van der Waals surface area contributed by atoms with Crippen LogP contribution >= 0.6 is 11.8 Å². The third-order valence-electron chi connectivity index (χ3n) is 4.58. The first kappa shape index (κ1) is 21.5. The molecule has 0 aliphatic heterocycles. The van der Waals surface area contributed by atoms with Crippen molar-refractivity contribution in [2.24, 2.45) is 0 Å². The van der Waals surface area contributed by atoms with Crippen molar-refractivity contribution in [1.29, 1.82) is 5.26 Å². The van der Waals surface area contributed by atoms with Gasteiger partial charge in [-0.2, -0.15) is 5.26 Å². The number of methoxy groups -OCH3 is 2. The van der Waals surface area contributed by atoms with Gasteiger partial charge in [-0.15, -0.1) is 0 Å². The van der Waals surface area contributed by atoms with Gasteiger partial charge >= 0.3 is 0 Å². The number of rotatable bonds is 8. The van der Waals surface area contributed by atoms with Crippen LogP contribution in [0.3, 0.4) is 0 Å². The molecule has 0 saturated carbocycles. The third kappa shape index (κ3) is 5.22. The number of pyridine rings is 1. The molecule has 1 aromatic heterocycles. The molecule has 1 amide bonds. The Kier molecular flexibility index (Phi) is 7.15. The fourth-order valence-corrected chi connectivity index (χ4v) is 3.81. The quantitative estimate of drug-likeness (QED) is 0.556. The van der Waals surface area contributed by atoms with E-state index in [0.29, 0.717) is 35.1 Å². The van der Waals surface area contributed by atoms with Crippen molar-refractivity contribution in [3.05, 3.63) is 59.2 Å². The van der Waals surface area contributed by atoms with Crippen LogP contribution in [0.4, 0.5) is 0 Å². The molecule has 0 aliphatic carbocycles. The lowest BCUT2D eigenvalue weighted by atomic mass is 10.1. The number of hydrogen-bond acceptors (Lipinski definition) is 6. The number of aromatic nitrogens is 1. The number of ether oxygens (including phenoxy) is 2. The molecule has 2 aromatic carbocycles. The summed E-state index contributed by atoms with van der Waals surface area (Å²) >= 11 is 1.28. The summed E-state index contributed by atoms with van der Waals surface area (Å²) in [5.74, 6) is 1.44. The molecule has 0 spiro atoms. The van der Waals surface area contributed by atoms with Gasteiger partial charge in [0.25, 0.3) is 0 Å². The zero-order valence-corrected chi connectivity index (χ0v) is 18.0. The van der Waals surface area contributed by atoms with E-state index in [4.69, 9.17) is 9.47 Å². The molecule has 6 nitrogen and oxygen atoms in total. The molecule has 1 heterocycles. The van der Waals surface area contributed by atoms with E-state index in [2.05, 4.69) is 16.4 Å². The molecule has 0 aliphatic rings. The SMILES string of the molecule is COc1ccc(CCNC(=O)CSc2nc3cc(C)ccc3cc2C#N)cc1OC. The van der Waals surface area contributed by atoms with Crippen molar-refractivity contribution in [3.63, 3.8) is 0 Å². The second-order valence-electron chi connectivity index (χ2n) is 6.73. The zero-order chi connectivity index (χ0) is 21.5. The summed E-state index contributed by atoms with van der Waals surface area (Å²) in [6.45, 7) is 2.50.